The van der Waals surface area contributed by atoms with E-state index in [0.29, 0.717) is 18.5 Å². The van der Waals surface area contributed by atoms with Gasteiger partial charge in [0, 0.05) is 23.6 Å². The predicted molar refractivity (Wildman–Crippen MR) is 57.7 cm³/mol. The molecule has 0 aliphatic heterocycles. The Morgan fingerprint density at radius 3 is 2.87 bits per heavy atom. The van der Waals surface area contributed by atoms with E-state index >= 15 is 0 Å². The summed E-state index contributed by atoms with van der Waals surface area (Å²) in [5.74, 6) is -0.746. The molecule has 0 aliphatic carbocycles. The minimum Gasteiger partial charge on any atom is -0.396 e. The second-order valence-electron chi connectivity index (χ2n) is 3.00. The highest BCUT2D eigenvalue weighted by Gasteiger charge is 2.06. The number of hydrogen-bond donors (Lipinski definition) is 3. The van der Waals surface area contributed by atoms with Crippen LogP contribution in [0.5, 0.6) is 0 Å². The molecule has 1 amide bonds. The van der Waals surface area contributed by atoms with E-state index in [9.17, 15) is 9.18 Å². The Kier molecular flexibility index (Phi) is 4.58. The Morgan fingerprint density at radius 1 is 1.53 bits per heavy atom. The van der Waals surface area contributed by atoms with Gasteiger partial charge in [0.2, 0.25) is 0 Å². The van der Waals surface area contributed by atoms with Gasteiger partial charge in [-0.1, -0.05) is 0 Å². The summed E-state index contributed by atoms with van der Waals surface area (Å²) in [6, 6.07) is 3.96. The van der Waals surface area contributed by atoms with Gasteiger partial charge in [-0.3, -0.25) is 4.79 Å². The summed E-state index contributed by atoms with van der Waals surface area (Å²) in [5, 5.41) is 11.1. The smallest absolute Gasteiger partial charge is 0.251 e. The second-order valence-corrected chi connectivity index (χ2v) is 3.48. The molecule has 3 nitrogen and oxygen atoms in total. The number of thiol groups is 1. The maximum Gasteiger partial charge on any atom is 0.251 e. The monoisotopic (exact) mass is 229 g/mol. The van der Waals surface area contributed by atoms with Gasteiger partial charge in [0.15, 0.2) is 0 Å². The van der Waals surface area contributed by atoms with Crippen LogP contribution in [0.25, 0.3) is 0 Å². The van der Waals surface area contributed by atoms with Crippen molar-refractivity contribution in [3.63, 3.8) is 0 Å². The summed E-state index contributed by atoms with van der Waals surface area (Å²) in [7, 11) is 0. The van der Waals surface area contributed by atoms with Gasteiger partial charge in [-0.25, -0.2) is 4.39 Å². The highest BCUT2D eigenvalue weighted by atomic mass is 32.1. The van der Waals surface area contributed by atoms with Crippen molar-refractivity contribution in [2.24, 2.45) is 0 Å². The van der Waals surface area contributed by atoms with Crippen LogP contribution in [0.3, 0.4) is 0 Å². The van der Waals surface area contributed by atoms with Crippen LogP contribution in [0.1, 0.15) is 16.8 Å². The van der Waals surface area contributed by atoms with Crippen LogP contribution < -0.4 is 5.32 Å². The maximum atomic E-state index is 12.8. The first-order valence-electron chi connectivity index (χ1n) is 4.52. The van der Waals surface area contributed by atoms with Crippen molar-refractivity contribution in [1.29, 1.82) is 0 Å². The second kappa shape index (κ2) is 5.72. The lowest BCUT2D eigenvalue weighted by Crippen LogP contribution is -2.25. The van der Waals surface area contributed by atoms with Crippen LogP contribution in [-0.4, -0.2) is 24.2 Å². The zero-order valence-electron chi connectivity index (χ0n) is 8.03. The fourth-order valence-corrected chi connectivity index (χ4v) is 1.25. The Labute approximate surface area is 92.7 Å². The van der Waals surface area contributed by atoms with Gasteiger partial charge >= 0.3 is 0 Å². The van der Waals surface area contributed by atoms with E-state index in [0.717, 1.165) is 0 Å². The molecule has 0 unspecified atom stereocenters. The first-order valence-corrected chi connectivity index (χ1v) is 4.97. The van der Waals surface area contributed by atoms with E-state index in [4.69, 9.17) is 5.11 Å². The van der Waals surface area contributed by atoms with Crippen molar-refractivity contribution in [1.82, 2.24) is 5.32 Å². The van der Waals surface area contributed by atoms with Gasteiger partial charge < -0.3 is 10.4 Å². The molecule has 2 N–H and O–H groups in total. The SMILES string of the molecule is O=C(NCCCO)c1ccc(F)c(S)c1. The molecule has 0 saturated carbocycles. The minimum absolute atomic E-state index is 0.0293. The Balaban J connectivity index is 2.62. The lowest BCUT2D eigenvalue weighted by molar-refractivity contribution is 0.0951. The summed E-state index contributed by atoms with van der Waals surface area (Å²) in [6.07, 6.45) is 0.501. The van der Waals surface area contributed by atoms with Crippen molar-refractivity contribution in [2.45, 2.75) is 11.3 Å². The van der Waals surface area contributed by atoms with Gasteiger partial charge in [0.25, 0.3) is 5.91 Å². The zero-order valence-corrected chi connectivity index (χ0v) is 8.93. The molecule has 0 spiro atoms. The topological polar surface area (TPSA) is 49.3 Å². The molecular weight excluding hydrogens is 217 g/mol. The van der Waals surface area contributed by atoms with Gasteiger partial charge in [-0.15, -0.1) is 12.6 Å². The summed E-state index contributed by atoms with van der Waals surface area (Å²) in [5.41, 5.74) is 0.360. The van der Waals surface area contributed by atoms with Crippen molar-refractivity contribution in [3.8, 4) is 0 Å². The molecule has 0 saturated heterocycles. The van der Waals surface area contributed by atoms with Crippen molar-refractivity contribution in [3.05, 3.63) is 29.6 Å². The van der Waals surface area contributed by atoms with E-state index in [1.54, 1.807) is 0 Å². The molecule has 0 aliphatic rings. The molecule has 1 aromatic rings. The molecule has 0 atom stereocenters. The molecule has 0 radical (unpaired) electrons. The van der Waals surface area contributed by atoms with Gasteiger partial charge in [0.05, 0.1) is 0 Å². The van der Waals surface area contributed by atoms with Crippen LogP contribution in [0, 0.1) is 5.82 Å². The Morgan fingerprint density at radius 2 is 2.27 bits per heavy atom. The van der Waals surface area contributed by atoms with Crippen LogP contribution in [0.15, 0.2) is 23.1 Å². The summed E-state index contributed by atoms with van der Waals surface area (Å²) in [6.45, 7) is 0.427. The fourth-order valence-electron chi connectivity index (χ4n) is 1.04. The van der Waals surface area contributed by atoms with Crippen LogP contribution in [0.2, 0.25) is 0 Å². The number of amides is 1. The maximum absolute atomic E-state index is 12.8. The molecule has 0 aromatic heterocycles. The van der Waals surface area contributed by atoms with Gasteiger partial charge in [-0.2, -0.15) is 0 Å². The molecule has 82 valence electrons. The highest BCUT2D eigenvalue weighted by Crippen LogP contribution is 2.13. The number of carbonyl (C=O) groups excluding carboxylic acids is 1. The van der Waals surface area contributed by atoms with E-state index in [2.05, 4.69) is 17.9 Å². The average Bonchev–Trinajstić information content (AvgIpc) is 2.22. The van der Waals surface area contributed by atoms with Gasteiger partial charge in [-0.05, 0) is 24.6 Å². The molecule has 15 heavy (non-hydrogen) atoms. The number of benzene rings is 1. The van der Waals surface area contributed by atoms with Crippen LogP contribution in [0.4, 0.5) is 4.39 Å². The molecule has 0 heterocycles. The minimum atomic E-state index is -0.453. The van der Waals surface area contributed by atoms with Crippen molar-refractivity contribution >= 4 is 18.5 Å². The third-order valence-electron chi connectivity index (χ3n) is 1.83. The van der Waals surface area contributed by atoms with Crippen molar-refractivity contribution < 1.29 is 14.3 Å². The normalized spacial score (nSPS) is 10.1. The Bertz CT molecular complexity index is 357. The fraction of sp³-hybridized carbons (Fsp3) is 0.300. The lowest BCUT2D eigenvalue weighted by atomic mass is 10.2. The number of rotatable bonds is 4. The lowest BCUT2D eigenvalue weighted by Gasteiger charge is -2.04. The quantitative estimate of drug-likeness (QED) is 0.537. The van der Waals surface area contributed by atoms with Crippen LogP contribution >= 0.6 is 12.6 Å². The van der Waals surface area contributed by atoms with E-state index in [1.807, 2.05) is 0 Å². The van der Waals surface area contributed by atoms with E-state index < -0.39 is 5.82 Å². The number of aliphatic hydroxyl groups excluding tert-OH is 1. The third-order valence-corrected chi connectivity index (χ3v) is 2.17. The zero-order chi connectivity index (χ0) is 11.3. The largest absolute Gasteiger partial charge is 0.396 e. The number of aliphatic hydroxyl groups is 1. The van der Waals surface area contributed by atoms with E-state index in [-0.39, 0.29) is 17.4 Å². The summed E-state index contributed by atoms with van der Waals surface area (Å²) < 4.78 is 12.8. The standard InChI is InChI=1S/C10H12FNO2S/c11-8-3-2-7(6-9(8)15)10(14)12-4-1-5-13/h2-3,6,13,15H,1,4-5H2,(H,12,14). The number of halogens is 1. The molecule has 0 bridgehead atoms. The third kappa shape index (κ3) is 3.53. The highest BCUT2D eigenvalue weighted by molar-refractivity contribution is 7.80. The first-order chi connectivity index (χ1) is 7.15. The number of carbonyl (C=O) groups is 1. The predicted octanol–water partition coefficient (Wildman–Crippen LogP) is 1.23. The number of hydrogen-bond acceptors (Lipinski definition) is 3. The summed E-state index contributed by atoms with van der Waals surface area (Å²) in [4.78, 5) is 11.6. The van der Waals surface area contributed by atoms with Gasteiger partial charge in [0.1, 0.15) is 5.82 Å². The molecule has 1 rings (SSSR count). The van der Waals surface area contributed by atoms with Crippen molar-refractivity contribution in [2.75, 3.05) is 13.2 Å². The molecule has 5 heteroatoms. The first kappa shape index (κ1) is 12.0. The Hall–Kier alpha value is -1.07. The number of nitrogens with one attached hydrogen (secondary N) is 1. The molecule has 1 aromatic carbocycles. The molecule has 0 fully saturated rings. The molecular formula is C10H12FNO2S. The average molecular weight is 229 g/mol. The van der Waals surface area contributed by atoms with Crippen LogP contribution in [-0.2, 0) is 0 Å². The summed E-state index contributed by atoms with van der Waals surface area (Å²) >= 11 is 3.88. The van der Waals surface area contributed by atoms with E-state index in [1.165, 1.54) is 18.2 Å².